The van der Waals surface area contributed by atoms with E-state index in [0.29, 0.717) is 42.7 Å². The molecule has 1 aromatic carbocycles. The first-order valence-electron chi connectivity index (χ1n) is 8.77. The highest BCUT2D eigenvalue weighted by Crippen LogP contribution is 2.32. The summed E-state index contributed by atoms with van der Waals surface area (Å²) < 4.78 is 28.1. The molecular weight excluding hydrogens is 384 g/mol. The van der Waals surface area contributed by atoms with Crippen molar-refractivity contribution in [3.05, 3.63) is 58.9 Å². The first kappa shape index (κ1) is 18.4. The molecule has 1 aliphatic rings. The Morgan fingerprint density at radius 2 is 1.68 bits per heavy atom. The molecule has 2 aromatic heterocycles. The largest absolute Gasteiger partial charge is 0.337 e. The third kappa shape index (κ3) is 3.45. The fourth-order valence-electron chi connectivity index (χ4n) is 3.11. The van der Waals surface area contributed by atoms with Crippen molar-refractivity contribution < 1.29 is 13.6 Å². The minimum Gasteiger partial charge on any atom is -0.337 e. The Labute approximate surface area is 164 Å². The molecular formula is C19H17F2N5OS. The van der Waals surface area contributed by atoms with Gasteiger partial charge in [0.15, 0.2) is 0 Å². The first-order chi connectivity index (χ1) is 13.5. The number of hydrogen-bond donors (Lipinski definition) is 0. The van der Waals surface area contributed by atoms with E-state index in [0.717, 1.165) is 11.3 Å². The van der Waals surface area contributed by atoms with Crippen molar-refractivity contribution in [2.45, 2.75) is 6.92 Å². The third-order valence-electron chi connectivity index (χ3n) is 4.57. The second-order valence-corrected chi connectivity index (χ2v) is 7.36. The maximum atomic E-state index is 14.1. The molecule has 1 fully saturated rings. The standard InChI is InChI=1S/C19H17F2N5OS/c1-12-16(28-17(24-12)15-13(20)4-2-5-14(15)21)18(27)25-8-10-26(11-9-25)19-22-6-3-7-23-19/h2-7H,8-11H2,1H3. The van der Waals surface area contributed by atoms with Gasteiger partial charge in [0.1, 0.15) is 21.5 Å². The van der Waals surface area contributed by atoms with Crippen LogP contribution in [0, 0.1) is 18.6 Å². The van der Waals surface area contributed by atoms with E-state index in [1.165, 1.54) is 18.2 Å². The van der Waals surface area contributed by atoms with Gasteiger partial charge in [0.2, 0.25) is 5.95 Å². The normalized spacial score (nSPS) is 14.4. The van der Waals surface area contributed by atoms with Gasteiger partial charge in [0.05, 0.1) is 11.3 Å². The van der Waals surface area contributed by atoms with E-state index in [9.17, 15) is 13.6 Å². The fraction of sp³-hybridized carbons (Fsp3) is 0.263. The van der Waals surface area contributed by atoms with E-state index in [2.05, 4.69) is 15.0 Å². The lowest BCUT2D eigenvalue weighted by Crippen LogP contribution is -2.49. The van der Waals surface area contributed by atoms with E-state index >= 15 is 0 Å². The van der Waals surface area contributed by atoms with Gasteiger partial charge in [-0.1, -0.05) is 6.07 Å². The molecule has 4 rings (SSSR count). The predicted molar refractivity (Wildman–Crippen MR) is 102 cm³/mol. The van der Waals surface area contributed by atoms with E-state index < -0.39 is 11.6 Å². The Morgan fingerprint density at radius 1 is 1.04 bits per heavy atom. The van der Waals surface area contributed by atoms with Gasteiger partial charge in [-0.25, -0.2) is 23.7 Å². The Bertz CT molecular complexity index is 983. The molecule has 1 saturated heterocycles. The van der Waals surface area contributed by atoms with Gasteiger partial charge >= 0.3 is 0 Å². The lowest BCUT2D eigenvalue weighted by molar-refractivity contribution is 0.0750. The topological polar surface area (TPSA) is 62.2 Å². The highest BCUT2D eigenvalue weighted by atomic mass is 32.1. The van der Waals surface area contributed by atoms with Crippen LogP contribution in [-0.4, -0.2) is 51.9 Å². The second-order valence-electron chi connectivity index (χ2n) is 6.36. The van der Waals surface area contributed by atoms with Gasteiger partial charge in [0.25, 0.3) is 5.91 Å². The van der Waals surface area contributed by atoms with Crippen LogP contribution in [0.2, 0.25) is 0 Å². The van der Waals surface area contributed by atoms with E-state index in [4.69, 9.17) is 0 Å². The number of nitrogens with zero attached hydrogens (tertiary/aromatic N) is 5. The third-order valence-corrected chi connectivity index (χ3v) is 5.73. The number of benzene rings is 1. The van der Waals surface area contributed by atoms with Crippen molar-refractivity contribution in [1.82, 2.24) is 19.9 Å². The maximum absolute atomic E-state index is 14.1. The number of carbonyl (C=O) groups excluding carboxylic acids is 1. The van der Waals surface area contributed by atoms with Crippen molar-refractivity contribution in [3.63, 3.8) is 0 Å². The second kappa shape index (κ2) is 7.59. The number of amides is 1. The number of rotatable bonds is 3. The maximum Gasteiger partial charge on any atom is 0.265 e. The molecule has 28 heavy (non-hydrogen) atoms. The summed E-state index contributed by atoms with van der Waals surface area (Å²) in [7, 11) is 0. The summed E-state index contributed by atoms with van der Waals surface area (Å²) in [5.41, 5.74) is 0.280. The SMILES string of the molecule is Cc1nc(-c2c(F)cccc2F)sc1C(=O)N1CCN(c2ncccn2)CC1. The molecule has 0 bridgehead atoms. The fourth-order valence-corrected chi connectivity index (χ4v) is 4.19. The number of anilines is 1. The monoisotopic (exact) mass is 401 g/mol. The van der Waals surface area contributed by atoms with Gasteiger partial charge in [-0.15, -0.1) is 11.3 Å². The smallest absolute Gasteiger partial charge is 0.265 e. The summed E-state index contributed by atoms with van der Waals surface area (Å²) in [6, 6.07) is 5.42. The highest BCUT2D eigenvalue weighted by Gasteiger charge is 2.27. The van der Waals surface area contributed by atoms with Crippen LogP contribution in [0.25, 0.3) is 10.6 Å². The lowest BCUT2D eigenvalue weighted by atomic mass is 10.2. The molecule has 0 aliphatic carbocycles. The quantitative estimate of drug-likeness (QED) is 0.675. The van der Waals surface area contributed by atoms with E-state index in [-0.39, 0.29) is 16.5 Å². The van der Waals surface area contributed by atoms with Crippen molar-refractivity contribution in [1.29, 1.82) is 0 Å². The Morgan fingerprint density at radius 3 is 2.32 bits per heavy atom. The summed E-state index contributed by atoms with van der Waals surface area (Å²) in [6.45, 7) is 3.93. The molecule has 0 unspecified atom stereocenters. The highest BCUT2D eigenvalue weighted by molar-refractivity contribution is 7.17. The zero-order valence-electron chi connectivity index (χ0n) is 15.1. The average Bonchev–Trinajstić information content (AvgIpc) is 3.09. The van der Waals surface area contributed by atoms with Crippen molar-refractivity contribution in [2.24, 2.45) is 0 Å². The summed E-state index contributed by atoms with van der Waals surface area (Å²) in [5.74, 6) is -0.916. The molecule has 0 radical (unpaired) electrons. The number of piperazine rings is 1. The van der Waals surface area contributed by atoms with Crippen molar-refractivity contribution in [2.75, 3.05) is 31.1 Å². The summed E-state index contributed by atoms with van der Waals surface area (Å²) >= 11 is 1.02. The molecule has 3 heterocycles. The van der Waals surface area contributed by atoms with Crippen LogP contribution in [0.5, 0.6) is 0 Å². The number of thiazole rings is 1. The minimum atomic E-state index is -0.691. The van der Waals surface area contributed by atoms with Gasteiger partial charge in [0, 0.05) is 38.6 Å². The van der Waals surface area contributed by atoms with Gasteiger partial charge in [-0.2, -0.15) is 0 Å². The van der Waals surface area contributed by atoms with Crippen LogP contribution < -0.4 is 4.90 Å². The zero-order chi connectivity index (χ0) is 19.7. The predicted octanol–water partition coefficient (Wildman–Crippen LogP) is 3.15. The molecule has 6 nitrogen and oxygen atoms in total. The molecule has 1 aliphatic heterocycles. The van der Waals surface area contributed by atoms with Crippen molar-refractivity contribution in [3.8, 4) is 10.6 Å². The molecule has 3 aromatic rings. The van der Waals surface area contributed by atoms with E-state index in [1.807, 2.05) is 4.90 Å². The number of aromatic nitrogens is 3. The molecule has 0 spiro atoms. The minimum absolute atomic E-state index is 0.174. The average molecular weight is 401 g/mol. The van der Waals surface area contributed by atoms with Crippen LogP contribution in [-0.2, 0) is 0 Å². The van der Waals surface area contributed by atoms with Gasteiger partial charge < -0.3 is 9.80 Å². The molecule has 1 amide bonds. The molecule has 9 heteroatoms. The number of halogens is 2. The molecule has 144 valence electrons. The summed E-state index contributed by atoms with van der Waals surface area (Å²) in [4.78, 5) is 29.8. The van der Waals surface area contributed by atoms with Crippen LogP contribution >= 0.6 is 11.3 Å². The first-order valence-corrected chi connectivity index (χ1v) is 9.59. The van der Waals surface area contributed by atoms with Crippen LogP contribution in [0.15, 0.2) is 36.7 Å². The summed E-state index contributed by atoms with van der Waals surface area (Å²) in [5, 5.41) is 0.174. The van der Waals surface area contributed by atoms with Gasteiger partial charge in [-0.3, -0.25) is 4.79 Å². The number of carbonyl (C=O) groups is 1. The van der Waals surface area contributed by atoms with E-state index in [1.54, 1.807) is 30.3 Å². The number of hydrogen-bond acceptors (Lipinski definition) is 6. The van der Waals surface area contributed by atoms with Crippen LogP contribution in [0.3, 0.4) is 0 Å². The van der Waals surface area contributed by atoms with Gasteiger partial charge in [-0.05, 0) is 25.1 Å². The van der Waals surface area contributed by atoms with Crippen molar-refractivity contribution >= 4 is 23.2 Å². The Hall–Kier alpha value is -2.94. The molecule has 0 N–H and O–H groups in total. The molecule has 0 saturated carbocycles. The Balaban J connectivity index is 1.51. The molecule has 0 atom stereocenters. The van der Waals surface area contributed by atoms with Crippen LogP contribution in [0.4, 0.5) is 14.7 Å². The lowest BCUT2D eigenvalue weighted by Gasteiger charge is -2.34. The van der Waals surface area contributed by atoms with Crippen LogP contribution in [0.1, 0.15) is 15.4 Å². The zero-order valence-corrected chi connectivity index (χ0v) is 15.9. The summed E-state index contributed by atoms with van der Waals surface area (Å²) in [6.07, 6.45) is 3.37. The Kier molecular flexibility index (Phi) is 4.99. The number of aryl methyl sites for hydroxylation is 1.